The second-order valence-corrected chi connectivity index (χ2v) is 5.23. The maximum Gasteiger partial charge on any atom is 0.103 e. The van der Waals surface area contributed by atoms with Crippen LogP contribution in [0, 0.1) is 0 Å². The van der Waals surface area contributed by atoms with Gasteiger partial charge in [0.2, 0.25) is 0 Å². The number of thiophene rings is 1. The van der Waals surface area contributed by atoms with Crippen LogP contribution in [0.4, 0.5) is 0 Å². The summed E-state index contributed by atoms with van der Waals surface area (Å²) in [6.45, 7) is 0. The van der Waals surface area contributed by atoms with Crippen LogP contribution in [-0.2, 0) is 6.42 Å². The standard InChI is InChI=1S/C12H14BrNOS/c1-14-12(10-7-16-8-11(10)13)5-4-9-3-2-6-15-9/h2-3,6-8,12,14H,4-5H2,1H3. The van der Waals surface area contributed by atoms with Crippen molar-refractivity contribution in [3.05, 3.63) is 45.0 Å². The number of aryl methyl sites for hydroxylation is 1. The Morgan fingerprint density at radius 1 is 1.50 bits per heavy atom. The van der Waals surface area contributed by atoms with Crippen molar-refractivity contribution in [2.45, 2.75) is 18.9 Å². The second-order valence-electron chi connectivity index (χ2n) is 3.63. The molecular weight excluding hydrogens is 286 g/mol. The molecule has 86 valence electrons. The Bertz CT molecular complexity index is 424. The zero-order valence-corrected chi connectivity index (χ0v) is 11.5. The molecule has 0 radical (unpaired) electrons. The largest absolute Gasteiger partial charge is 0.469 e. The van der Waals surface area contributed by atoms with E-state index in [0.29, 0.717) is 6.04 Å². The van der Waals surface area contributed by atoms with Gasteiger partial charge in [-0.3, -0.25) is 0 Å². The average molecular weight is 300 g/mol. The first-order valence-electron chi connectivity index (χ1n) is 5.22. The maximum absolute atomic E-state index is 5.34. The van der Waals surface area contributed by atoms with Gasteiger partial charge in [-0.25, -0.2) is 0 Å². The fourth-order valence-corrected chi connectivity index (χ4v) is 3.36. The van der Waals surface area contributed by atoms with E-state index >= 15 is 0 Å². The minimum atomic E-state index is 0.380. The molecule has 0 aliphatic carbocycles. The Morgan fingerprint density at radius 2 is 2.38 bits per heavy atom. The van der Waals surface area contributed by atoms with E-state index in [1.54, 1.807) is 17.6 Å². The van der Waals surface area contributed by atoms with E-state index in [-0.39, 0.29) is 0 Å². The van der Waals surface area contributed by atoms with Gasteiger partial charge in [-0.05, 0) is 52.5 Å². The molecule has 2 aromatic heterocycles. The number of nitrogens with one attached hydrogen (secondary N) is 1. The van der Waals surface area contributed by atoms with Gasteiger partial charge in [0, 0.05) is 22.3 Å². The van der Waals surface area contributed by atoms with Crippen LogP contribution in [0.3, 0.4) is 0 Å². The van der Waals surface area contributed by atoms with Gasteiger partial charge in [0.1, 0.15) is 5.76 Å². The highest BCUT2D eigenvalue weighted by Gasteiger charge is 2.13. The first kappa shape index (κ1) is 11.9. The minimum Gasteiger partial charge on any atom is -0.469 e. The van der Waals surface area contributed by atoms with E-state index in [1.165, 1.54) is 10.0 Å². The maximum atomic E-state index is 5.34. The highest BCUT2D eigenvalue weighted by molar-refractivity contribution is 9.10. The molecule has 0 saturated carbocycles. The lowest BCUT2D eigenvalue weighted by atomic mass is 10.0. The fourth-order valence-electron chi connectivity index (χ4n) is 1.74. The normalized spacial score (nSPS) is 12.9. The smallest absolute Gasteiger partial charge is 0.103 e. The van der Waals surface area contributed by atoms with E-state index in [9.17, 15) is 0 Å². The average Bonchev–Trinajstić information content (AvgIpc) is 2.92. The summed E-state index contributed by atoms with van der Waals surface area (Å²) in [4.78, 5) is 0. The molecule has 1 atom stereocenters. The molecule has 1 unspecified atom stereocenters. The first-order chi connectivity index (χ1) is 7.81. The molecule has 2 aromatic rings. The molecule has 2 rings (SSSR count). The van der Waals surface area contributed by atoms with Gasteiger partial charge in [0.05, 0.1) is 6.26 Å². The van der Waals surface area contributed by atoms with Crippen molar-refractivity contribution in [2.24, 2.45) is 0 Å². The zero-order chi connectivity index (χ0) is 11.4. The predicted octanol–water partition coefficient (Wildman–Crippen LogP) is 4.00. The zero-order valence-electron chi connectivity index (χ0n) is 9.07. The van der Waals surface area contributed by atoms with Crippen LogP contribution in [0.25, 0.3) is 0 Å². The lowest BCUT2D eigenvalue weighted by Gasteiger charge is -2.14. The lowest BCUT2D eigenvalue weighted by molar-refractivity contribution is 0.469. The van der Waals surface area contributed by atoms with Crippen LogP contribution in [0.1, 0.15) is 23.8 Å². The molecule has 0 aromatic carbocycles. The van der Waals surface area contributed by atoms with Crippen molar-refractivity contribution in [1.82, 2.24) is 5.32 Å². The molecule has 0 amide bonds. The third-order valence-corrected chi connectivity index (χ3v) is 4.38. The number of rotatable bonds is 5. The van der Waals surface area contributed by atoms with Crippen LogP contribution < -0.4 is 5.32 Å². The van der Waals surface area contributed by atoms with Crippen LogP contribution >= 0.6 is 27.3 Å². The SMILES string of the molecule is CNC(CCc1ccco1)c1cscc1Br. The Balaban J connectivity index is 1.99. The number of hydrogen-bond acceptors (Lipinski definition) is 3. The molecule has 4 heteroatoms. The third kappa shape index (κ3) is 2.75. The summed E-state index contributed by atoms with van der Waals surface area (Å²) in [5.74, 6) is 1.05. The van der Waals surface area contributed by atoms with Gasteiger partial charge in [-0.1, -0.05) is 0 Å². The molecule has 16 heavy (non-hydrogen) atoms. The van der Waals surface area contributed by atoms with Crippen molar-refractivity contribution >= 4 is 27.3 Å². The molecule has 0 saturated heterocycles. The molecular formula is C12H14BrNOS. The van der Waals surface area contributed by atoms with Gasteiger partial charge in [-0.2, -0.15) is 11.3 Å². The van der Waals surface area contributed by atoms with Crippen molar-refractivity contribution < 1.29 is 4.42 Å². The van der Waals surface area contributed by atoms with Crippen molar-refractivity contribution in [3.63, 3.8) is 0 Å². The minimum absolute atomic E-state index is 0.380. The van der Waals surface area contributed by atoms with E-state index in [0.717, 1.165) is 18.6 Å². The van der Waals surface area contributed by atoms with E-state index in [2.05, 4.69) is 32.0 Å². The summed E-state index contributed by atoms with van der Waals surface area (Å²) in [5.41, 5.74) is 1.33. The van der Waals surface area contributed by atoms with Crippen LogP contribution in [0.2, 0.25) is 0 Å². The number of furan rings is 1. The Morgan fingerprint density at radius 3 is 2.94 bits per heavy atom. The van der Waals surface area contributed by atoms with Gasteiger partial charge in [0.25, 0.3) is 0 Å². The summed E-state index contributed by atoms with van der Waals surface area (Å²) >= 11 is 5.30. The molecule has 0 aliphatic rings. The molecule has 1 N–H and O–H groups in total. The Labute approximate surface area is 108 Å². The first-order valence-corrected chi connectivity index (χ1v) is 6.96. The summed E-state index contributed by atoms with van der Waals surface area (Å²) in [7, 11) is 2.00. The van der Waals surface area contributed by atoms with Gasteiger partial charge < -0.3 is 9.73 Å². The monoisotopic (exact) mass is 299 g/mol. The summed E-state index contributed by atoms with van der Waals surface area (Å²) in [5, 5.41) is 7.65. The van der Waals surface area contributed by atoms with Gasteiger partial charge in [-0.15, -0.1) is 0 Å². The van der Waals surface area contributed by atoms with Crippen LogP contribution in [0.15, 0.2) is 38.0 Å². The predicted molar refractivity (Wildman–Crippen MR) is 70.8 cm³/mol. The molecule has 0 spiro atoms. The van der Waals surface area contributed by atoms with Crippen LogP contribution in [0.5, 0.6) is 0 Å². The highest BCUT2D eigenvalue weighted by Crippen LogP contribution is 2.29. The lowest BCUT2D eigenvalue weighted by Crippen LogP contribution is -2.16. The summed E-state index contributed by atoms with van der Waals surface area (Å²) in [6, 6.07) is 4.34. The summed E-state index contributed by atoms with van der Waals surface area (Å²) in [6.07, 6.45) is 3.73. The van der Waals surface area contributed by atoms with Gasteiger partial charge in [0.15, 0.2) is 0 Å². The molecule has 2 nitrogen and oxygen atoms in total. The third-order valence-electron chi connectivity index (χ3n) is 2.63. The van der Waals surface area contributed by atoms with Crippen molar-refractivity contribution in [1.29, 1.82) is 0 Å². The van der Waals surface area contributed by atoms with Crippen molar-refractivity contribution in [2.75, 3.05) is 7.05 Å². The number of hydrogen-bond donors (Lipinski definition) is 1. The van der Waals surface area contributed by atoms with E-state index < -0.39 is 0 Å². The van der Waals surface area contributed by atoms with Gasteiger partial charge >= 0.3 is 0 Å². The fraction of sp³-hybridized carbons (Fsp3) is 0.333. The molecule has 0 bridgehead atoms. The van der Waals surface area contributed by atoms with Crippen molar-refractivity contribution in [3.8, 4) is 0 Å². The number of halogens is 1. The topological polar surface area (TPSA) is 25.2 Å². The molecule has 2 heterocycles. The Hall–Kier alpha value is -0.580. The Kier molecular flexibility index (Phi) is 4.21. The molecule has 0 fully saturated rings. The summed E-state index contributed by atoms with van der Waals surface area (Å²) < 4.78 is 6.53. The quantitative estimate of drug-likeness (QED) is 0.903. The van der Waals surface area contributed by atoms with E-state index in [1.807, 2.05) is 19.2 Å². The molecule has 0 aliphatic heterocycles. The van der Waals surface area contributed by atoms with E-state index in [4.69, 9.17) is 4.42 Å². The highest BCUT2D eigenvalue weighted by atomic mass is 79.9. The van der Waals surface area contributed by atoms with Crippen LogP contribution in [-0.4, -0.2) is 7.05 Å². The second kappa shape index (κ2) is 5.66.